The predicted molar refractivity (Wildman–Crippen MR) is 95.1 cm³/mol. The molecule has 0 fully saturated rings. The van der Waals surface area contributed by atoms with Gasteiger partial charge in [0.2, 0.25) is 0 Å². The molecule has 2 rings (SSSR count). The summed E-state index contributed by atoms with van der Waals surface area (Å²) in [4.78, 5) is 20.3. The van der Waals surface area contributed by atoms with Crippen LogP contribution in [0.2, 0.25) is 5.02 Å². The number of rotatable bonds is 7. The largest absolute Gasteiger partial charge is 0.385 e. The van der Waals surface area contributed by atoms with Crippen LogP contribution in [-0.4, -0.2) is 36.1 Å². The van der Waals surface area contributed by atoms with Gasteiger partial charge in [0.05, 0.1) is 23.1 Å². The van der Waals surface area contributed by atoms with Gasteiger partial charge in [-0.05, 0) is 37.5 Å². The van der Waals surface area contributed by atoms with Gasteiger partial charge in [0.15, 0.2) is 0 Å². The summed E-state index contributed by atoms with van der Waals surface area (Å²) in [6, 6.07) is 3.91. The fourth-order valence-corrected chi connectivity index (χ4v) is 2.59. The highest BCUT2D eigenvalue weighted by Gasteiger charge is 2.09. The van der Waals surface area contributed by atoms with Gasteiger partial charge in [-0.3, -0.25) is 4.79 Å². The van der Waals surface area contributed by atoms with Crippen LogP contribution in [0, 0.1) is 13.8 Å². The standard InChI is InChI=1S/C17H21ClN4O2/c1-11-7-12(2)16(13(18)8-11)22-15-10-20-14(9-21-15)17(23)19-5-4-6-24-3/h7-10H,4-6H2,1-3H3,(H,19,23)(H,21,22). The molecule has 2 N–H and O–H groups in total. The second kappa shape index (κ2) is 8.61. The lowest BCUT2D eigenvalue weighted by atomic mass is 10.1. The van der Waals surface area contributed by atoms with Crippen LogP contribution >= 0.6 is 11.6 Å². The number of benzene rings is 1. The molecular weight excluding hydrogens is 328 g/mol. The maximum atomic E-state index is 11.9. The molecule has 0 unspecified atom stereocenters. The lowest BCUT2D eigenvalue weighted by Crippen LogP contribution is -2.26. The van der Waals surface area contributed by atoms with Crippen molar-refractivity contribution in [3.63, 3.8) is 0 Å². The van der Waals surface area contributed by atoms with Crippen LogP contribution < -0.4 is 10.6 Å². The molecule has 24 heavy (non-hydrogen) atoms. The van der Waals surface area contributed by atoms with Crippen LogP contribution in [0.1, 0.15) is 28.0 Å². The van der Waals surface area contributed by atoms with E-state index in [1.165, 1.54) is 12.4 Å². The summed E-state index contributed by atoms with van der Waals surface area (Å²) in [6.45, 7) is 5.09. The normalized spacial score (nSPS) is 10.5. The Hall–Kier alpha value is -2.18. The summed E-state index contributed by atoms with van der Waals surface area (Å²) in [7, 11) is 1.63. The third-order valence-electron chi connectivity index (χ3n) is 3.38. The van der Waals surface area contributed by atoms with E-state index in [2.05, 4.69) is 20.6 Å². The summed E-state index contributed by atoms with van der Waals surface area (Å²) in [5.74, 6) is 0.273. The van der Waals surface area contributed by atoms with Crippen molar-refractivity contribution < 1.29 is 9.53 Å². The number of anilines is 2. The minimum atomic E-state index is -0.255. The number of amides is 1. The number of methoxy groups -OCH3 is 1. The second-order valence-electron chi connectivity index (χ2n) is 5.45. The average molecular weight is 349 g/mol. The van der Waals surface area contributed by atoms with Gasteiger partial charge in [-0.25, -0.2) is 9.97 Å². The average Bonchev–Trinajstić information content (AvgIpc) is 2.55. The lowest BCUT2D eigenvalue weighted by molar-refractivity contribution is 0.0943. The Morgan fingerprint density at radius 2 is 2.04 bits per heavy atom. The number of aromatic nitrogens is 2. The van der Waals surface area contributed by atoms with Crippen LogP contribution in [0.3, 0.4) is 0 Å². The number of aryl methyl sites for hydroxylation is 2. The molecule has 1 heterocycles. The molecule has 0 aliphatic carbocycles. The summed E-state index contributed by atoms with van der Waals surface area (Å²) in [5, 5.41) is 6.52. The quantitative estimate of drug-likeness (QED) is 0.751. The summed E-state index contributed by atoms with van der Waals surface area (Å²) in [6.07, 6.45) is 3.70. The topological polar surface area (TPSA) is 76.1 Å². The van der Waals surface area contributed by atoms with E-state index in [4.69, 9.17) is 16.3 Å². The number of nitrogens with one attached hydrogen (secondary N) is 2. The molecule has 0 saturated heterocycles. The molecule has 2 aromatic rings. The second-order valence-corrected chi connectivity index (χ2v) is 5.86. The summed E-state index contributed by atoms with van der Waals surface area (Å²) >= 11 is 6.26. The molecular formula is C17H21ClN4O2. The fourth-order valence-electron chi connectivity index (χ4n) is 2.22. The minimum absolute atomic E-state index is 0.255. The van der Waals surface area contributed by atoms with E-state index in [-0.39, 0.29) is 11.6 Å². The number of carbonyl (C=O) groups is 1. The molecule has 0 bridgehead atoms. The van der Waals surface area contributed by atoms with Crippen molar-refractivity contribution in [1.82, 2.24) is 15.3 Å². The van der Waals surface area contributed by atoms with E-state index in [1.807, 2.05) is 26.0 Å². The Bertz CT molecular complexity index is 681. The highest BCUT2D eigenvalue weighted by atomic mass is 35.5. The van der Waals surface area contributed by atoms with Crippen molar-refractivity contribution in [3.8, 4) is 0 Å². The van der Waals surface area contributed by atoms with E-state index in [9.17, 15) is 4.79 Å². The Morgan fingerprint density at radius 3 is 2.67 bits per heavy atom. The zero-order valence-electron chi connectivity index (χ0n) is 14.0. The van der Waals surface area contributed by atoms with E-state index in [0.29, 0.717) is 24.0 Å². The molecule has 7 heteroatoms. The molecule has 0 saturated carbocycles. The first kappa shape index (κ1) is 18.2. The van der Waals surface area contributed by atoms with Crippen LogP contribution in [0.4, 0.5) is 11.5 Å². The van der Waals surface area contributed by atoms with Gasteiger partial charge >= 0.3 is 0 Å². The molecule has 0 radical (unpaired) electrons. The number of carbonyl (C=O) groups excluding carboxylic acids is 1. The molecule has 0 aliphatic heterocycles. The van der Waals surface area contributed by atoms with Gasteiger partial charge < -0.3 is 15.4 Å². The first-order valence-corrected chi connectivity index (χ1v) is 8.02. The number of ether oxygens (including phenoxy) is 1. The molecule has 0 atom stereocenters. The maximum Gasteiger partial charge on any atom is 0.271 e. The van der Waals surface area contributed by atoms with Crippen LogP contribution in [0.15, 0.2) is 24.5 Å². The predicted octanol–water partition coefficient (Wildman–Crippen LogP) is 3.26. The van der Waals surface area contributed by atoms with Crippen LogP contribution in [0.5, 0.6) is 0 Å². The molecule has 1 aromatic heterocycles. The third-order valence-corrected chi connectivity index (χ3v) is 3.68. The van der Waals surface area contributed by atoms with E-state index in [0.717, 1.165) is 23.2 Å². The van der Waals surface area contributed by atoms with E-state index >= 15 is 0 Å². The molecule has 6 nitrogen and oxygen atoms in total. The van der Waals surface area contributed by atoms with Gasteiger partial charge in [-0.2, -0.15) is 0 Å². The van der Waals surface area contributed by atoms with E-state index < -0.39 is 0 Å². The Morgan fingerprint density at radius 1 is 1.25 bits per heavy atom. The molecule has 1 aromatic carbocycles. The van der Waals surface area contributed by atoms with Gasteiger partial charge in [0.1, 0.15) is 11.5 Å². The minimum Gasteiger partial charge on any atom is -0.385 e. The third kappa shape index (κ3) is 4.91. The smallest absolute Gasteiger partial charge is 0.271 e. The van der Waals surface area contributed by atoms with Gasteiger partial charge in [-0.1, -0.05) is 17.7 Å². The Kier molecular flexibility index (Phi) is 6.52. The molecule has 1 amide bonds. The number of hydrogen-bond donors (Lipinski definition) is 2. The fraction of sp³-hybridized carbons (Fsp3) is 0.353. The Balaban J connectivity index is 2.01. The monoisotopic (exact) mass is 348 g/mol. The number of nitrogens with zero attached hydrogens (tertiary/aromatic N) is 2. The molecule has 128 valence electrons. The summed E-state index contributed by atoms with van der Waals surface area (Å²) < 4.78 is 4.93. The number of hydrogen-bond acceptors (Lipinski definition) is 5. The van der Waals surface area contributed by atoms with Gasteiger partial charge in [0.25, 0.3) is 5.91 Å². The highest BCUT2D eigenvalue weighted by Crippen LogP contribution is 2.29. The first-order chi connectivity index (χ1) is 11.5. The van der Waals surface area contributed by atoms with Crippen molar-refractivity contribution in [2.24, 2.45) is 0 Å². The summed E-state index contributed by atoms with van der Waals surface area (Å²) in [5.41, 5.74) is 3.16. The van der Waals surface area contributed by atoms with Crippen molar-refractivity contribution in [3.05, 3.63) is 46.4 Å². The van der Waals surface area contributed by atoms with E-state index in [1.54, 1.807) is 7.11 Å². The van der Waals surface area contributed by atoms with Crippen molar-refractivity contribution in [2.45, 2.75) is 20.3 Å². The highest BCUT2D eigenvalue weighted by molar-refractivity contribution is 6.33. The SMILES string of the molecule is COCCCNC(=O)c1cnc(Nc2c(C)cc(C)cc2Cl)cn1. The van der Waals surface area contributed by atoms with Crippen molar-refractivity contribution in [1.29, 1.82) is 0 Å². The van der Waals surface area contributed by atoms with Crippen molar-refractivity contribution >= 4 is 29.0 Å². The zero-order valence-corrected chi connectivity index (χ0v) is 14.8. The van der Waals surface area contributed by atoms with Crippen LogP contribution in [0.25, 0.3) is 0 Å². The van der Waals surface area contributed by atoms with Crippen LogP contribution in [-0.2, 0) is 4.74 Å². The maximum absolute atomic E-state index is 11.9. The molecule has 0 aliphatic rings. The van der Waals surface area contributed by atoms with Gasteiger partial charge in [-0.15, -0.1) is 0 Å². The zero-order chi connectivity index (χ0) is 17.5. The number of halogens is 1. The first-order valence-electron chi connectivity index (χ1n) is 7.64. The van der Waals surface area contributed by atoms with Gasteiger partial charge in [0, 0.05) is 20.3 Å². The van der Waals surface area contributed by atoms with Crippen molar-refractivity contribution in [2.75, 3.05) is 25.6 Å². The Labute approximate surface area is 146 Å². The lowest BCUT2D eigenvalue weighted by Gasteiger charge is -2.12. The molecule has 0 spiro atoms.